The fourth-order valence-corrected chi connectivity index (χ4v) is 4.37. The van der Waals surface area contributed by atoms with E-state index in [1.54, 1.807) is 0 Å². The molecule has 0 heterocycles. The van der Waals surface area contributed by atoms with Crippen LogP contribution in [-0.2, 0) is 9.53 Å². The highest BCUT2D eigenvalue weighted by atomic mass is 16.5. The predicted molar refractivity (Wildman–Crippen MR) is 138 cm³/mol. The van der Waals surface area contributed by atoms with E-state index in [1.807, 2.05) is 19.1 Å². The number of rotatable bonds is 24. The van der Waals surface area contributed by atoms with Crippen molar-refractivity contribution >= 4 is 5.97 Å². The second kappa shape index (κ2) is 25.5. The van der Waals surface area contributed by atoms with E-state index in [9.17, 15) is 4.79 Å². The van der Waals surface area contributed by atoms with Gasteiger partial charge in [-0.15, -0.1) is 0 Å². The summed E-state index contributed by atoms with van der Waals surface area (Å²) in [7, 11) is 0. The first-order chi connectivity index (χ1) is 15.2. The summed E-state index contributed by atoms with van der Waals surface area (Å²) in [4.78, 5) is 12.2. The van der Waals surface area contributed by atoms with Gasteiger partial charge in [-0.25, -0.2) is 0 Å². The second-order valence-electron chi connectivity index (χ2n) is 9.56. The number of unbranched alkanes of at least 4 members (excludes halogenated alkanes) is 16. The first-order valence-corrected chi connectivity index (χ1v) is 14.0. The third-order valence-electron chi connectivity index (χ3n) is 6.46. The van der Waals surface area contributed by atoms with Crippen LogP contribution in [0.3, 0.4) is 0 Å². The van der Waals surface area contributed by atoms with Crippen molar-refractivity contribution in [2.45, 2.75) is 156 Å². The molecule has 0 saturated carbocycles. The van der Waals surface area contributed by atoms with Crippen molar-refractivity contribution in [3.63, 3.8) is 0 Å². The highest BCUT2D eigenvalue weighted by Gasteiger charge is 2.14. The van der Waals surface area contributed by atoms with E-state index < -0.39 is 0 Å². The smallest absolute Gasteiger partial charge is 0.306 e. The fraction of sp³-hybridized carbons (Fsp3) is 0.897. The number of hydrogen-bond donors (Lipinski definition) is 0. The summed E-state index contributed by atoms with van der Waals surface area (Å²) in [5, 5.41) is 0. The van der Waals surface area contributed by atoms with E-state index in [-0.39, 0.29) is 5.97 Å². The van der Waals surface area contributed by atoms with Crippen LogP contribution in [-0.4, -0.2) is 12.6 Å². The molecule has 0 rings (SSSR count). The van der Waals surface area contributed by atoms with E-state index in [0.29, 0.717) is 18.9 Å². The lowest BCUT2D eigenvalue weighted by Crippen LogP contribution is -2.12. The summed E-state index contributed by atoms with van der Waals surface area (Å²) < 4.78 is 5.37. The second-order valence-corrected chi connectivity index (χ2v) is 9.56. The van der Waals surface area contributed by atoms with Gasteiger partial charge in [0.25, 0.3) is 0 Å². The molecule has 0 radical (unpaired) electrons. The van der Waals surface area contributed by atoms with Gasteiger partial charge in [0.1, 0.15) is 6.61 Å². The van der Waals surface area contributed by atoms with Crippen LogP contribution in [0.15, 0.2) is 12.2 Å². The molecule has 0 aliphatic rings. The van der Waals surface area contributed by atoms with Crippen molar-refractivity contribution in [3.05, 3.63) is 12.2 Å². The topological polar surface area (TPSA) is 26.3 Å². The lowest BCUT2D eigenvalue weighted by atomic mass is 9.91. The van der Waals surface area contributed by atoms with Gasteiger partial charge in [0, 0.05) is 6.42 Å². The van der Waals surface area contributed by atoms with Crippen molar-refractivity contribution in [1.29, 1.82) is 0 Å². The number of carbonyl (C=O) groups is 1. The quantitative estimate of drug-likeness (QED) is 0.0854. The zero-order valence-electron chi connectivity index (χ0n) is 21.6. The molecule has 2 nitrogen and oxygen atoms in total. The molecule has 0 amide bonds. The third kappa shape index (κ3) is 23.7. The number of ether oxygens (including phenoxy) is 1. The molecular weight excluding hydrogens is 380 g/mol. The van der Waals surface area contributed by atoms with E-state index in [2.05, 4.69) is 13.8 Å². The van der Waals surface area contributed by atoms with Gasteiger partial charge in [0.2, 0.25) is 0 Å². The standard InChI is InChI=1S/C29H56O2/c1-4-7-10-12-14-16-17-19-21-23-25-28(27-29(30)31-26-9-6-3)24-22-20-18-15-13-11-8-5-2/h6,9,28H,4-5,7-8,10-27H2,1-3H3. The fourth-order valence-electron chi connectivity index (χ4n) is 4.37. The van der Waals surface area contributed by atoms with Crippen LogP contribution in [0.5, 0.6) is 0 Å². The summed E-state index contributed by atoms with van der Waals surface area (Å²) in [6, 6.07) is 0. The highest BCUT2D eigenvalue weighted by molar-refractivity contribution is 5.69. The Hall–Kier alpha value is -0.790. The van der Waals surface area contributed by atoms with Gasteiger partial charge >= 0.3 is 5.97 Å². The molecule has 2 heteroatoms. The van der Waals surface area contributed by atoms with Gasteiger partial charge in [-0.3, -0.25) is 4.79 Å². The molecule has 0 bridgehead atoms. The summed E-state index contributed by atoms with van der Waals surface area (Å²) in [5.41, 5.74) is 0. The SMILES string of the molecule is CC=CCOC(=O)CC(CCCCCCCCCC)CCCCCCCCCCCC. The molecule has 31 heavy (non-hydrogen) atoms. The number of hydrogen-bond acceptors (Lipinski definition) is 2. The van der Waals surface area contributed by atoms with Crippen LogP contribution in [0.2, 0.25) is 0 Å². The summed E-state index contributed by atoms with van der Waals surface area (Å²) >= 11 is 0. The Morgan fingerprint density at radius 1 is 0.645 bits per heavy atom. The first kappa shape index (κ1) is 30.2. The zero-order chi connectivity index (χ0) is 22.8. The van der Waals surface area contributed by atoms with E-state index in [4.69, 9.17) is 4.74 Å². The molecule has 0 aromatic rings. The van der Waals surface area contributed by atoms with Crippen LogP contribution in [0.1, 0.15) is 156 Å². The van der Waals surface area contributed by atoms with Crippen LogP contribution >= 0.6 is 0 Å². The molecular formula is C29H56O2. The summed E-state index contributed by atoms with van der Waals surface area (Å²) in [6.45, 7) is 6.95. The van der Waals surface area contributed by atoms with Gasteiger partial charge in [-0.05, 0) is 25.7 Å². The molecule has 0 saturated heterocycles. The summed E-state index contributed by atoms with van der Waals surface area (Å²) in [6.07, 6.45) is 31.5. The Bertz CT molecular complexity index is 388. The minimum Gasteiger partial charge on any atom is -0.461 e. The molecule has 1 unspecified atom stereocenters. The molecule has 0 aliphatic heterocycles. The average Bonchev–Trinajstić information content (AvgIpc) is 2.76. The number of allylic oxidation sites excluding steroid dienone is 1. The molecule has 0 aliphatic carbocycles. The third-order valence-corrected chi connectivity index (χ3v) is 6.46. The highest BCUT2D eigenvalue weighted by Crippen LogP contribution is 2.23. The van der Waals surface area contributed by atoms with Gasteiger partial charge in [0.15, 0.2) is 0 Å². The molecule has 0 aromatic heterocycles. The van der Waals surface area contributed by atoms with E-state index >= 15 is 0 Å². The molecule has 0 spiro atoms. The van der Waals surface area contributed by atoms with E-state index in [1.165, 1.54) is 128 Å². The number of carbonyl (C=O) groups excluding carboxylic acids is 1. The lowest BCUT2D eigenvalue weighted by molar-refractivity contribution is -0.143. The van der Waals surface area contributed by atoms with Crippen molar-refractivity contribution in [3.8, 4) is 0 Å². The molecule has 1 atom stereocenters. The molecule has 184 valence electrons. The van der Waals surface area contributed by atoms with Crippen molar-refractivity contribution in [2.24, 2.45) is 5.92 Å². The normalized spacial score (nSPS) is 12.5. The largest absolute Gasteiger partial charge is 0.461 e. The minimum absolute atomic E-state index is 0.00487. The Morgan fingerprint density at radius 2 is 1.03 bits per heavy atom. The number of esters is 1. The maximum absolute atomic E-state index is 12.2. The van der Waals surface area contributed by atoms with Crippen LogP contribution in [0.25, 0.3) is 0 Å². The van der Waals surface area contributed by atoms with E-state index in [0.717, 1.165) is 0 Å². The average molecular weight is 437 g/mol. The van der Waals surface area contributed by atoms with Gasteiger partial charge in [-0.2, -0.15) is 0 Å². The maximum atomic E-state index is 12.2. The molecule has 0 fully saturated rings. The van der Waals surface area contributed by atoms with Crippen molar-refractivity contribution in [2.75, 3.05) is 6.61 Å². The predicted octanol–water partition coefficient (Wildman–Crippen LogP) is 9.95. The summed E-state index contributed by atoms with van der Waals surface area (Å²) in [5.74, 6) is 0.516. The Labute approximate surface area is 196 Å². The Balaban J connectivity index is 3.94. The maximum Gasteiger partial charge on any atom is 0.306 e. The first-order valence-electron chi connectivity index (χ1n) is 14.0. The van der Waals surface area contributed by atoms with Gasteiger partial charge < -0.3 is 4.74 Å². The Kier molecular flexibility index (Phi) is 24.8. The van der Waals surface area contributed by atoms with Gasteiger partial charge in [0.05, 0.1) is 0 Å². The van der Waals surface area contributed by atoms with Crippen LogP contribution in [0, 0.1) is 5.92 Å². The molecule has 0 aromatic carbocycles. The van der Waals surface area contributed by atoms with Crippen molar-refractivity contribution in [1.82, 2.24) is 0 Å². The minimum atomic E-state index is -0.00487. The van der Waals surface area contributed by atoms with Gasteiger partial charge in [-0.1, -0.05) is 142 Å². The van der Waals surface area contributed by atoms with Crippen molar-refractivity contribution < 1.29 is 9.53 Å². The lowest BCUT2D eigenvalue weighted by Gasteiger charge is -2.16. The van der Waals surface area contributed by atoms with Crippen LogP contribution in [0.4, 0.5) is 0 Å². The monoisotopic (exact) mass is 436 g/mol. The zero-order valence-corrected chi connectivity index (χ0v) is 21.6. The Morgan fingerprint density at radius 3 is 1.42 bits per heavy atom. The molecule has 0 N–H and O–H groups in total. The van der Waals surface area contributed by atoms with Crippen LogP contribution < -0.4 is 0 Å².